The number of rotatable bonds is 9. The van der Waals surface area contributed by atoms with Gasteiger partial charge in [0.2, 0.25) is 5.96 Å². The zero-order chi connectivity index (χ0) is 13.6. The van der Waals surface area contributed by atoms with Crippen LogP contribution in [0.1, 0.15) is 6.42 Å². The highest BCUT2D eigenvalue weighted by Crippen LogP contribution is 1.84. The first-order valence-electron chi connectivity index (χ1n) is 5.97. The highest BCUT2D eigenvalue weighted by Gasteiger charge is 1.96. The third-order valence-corrected chi connectivity index (χ3v) is 2.30. The average molecular weight is 273 g/mol. The second-order valence-corrected chi connectivity index (χ2v) is 4.33. The monoisotopic (exact) mass is 273 g/mol. The van der Waals surface area contributed by atoms with Gasteiger partial charge in [-0.1, -0.05) is 0 Å². The summed E-state index contributed by atoms with van der Waals surface area (Å²) in [7, 11) is 4.01. The molecule has 0 radical (unpaired) electrons. The van der Waals surface area contributed by atoms with Crippen molar-refractivity contribution >= 4 is 18.6 Å². The molecule has 0 fully saturated rings. The van der Waals surface area contributed by atoms with Crippen molar-refractivity contribution in [1.29, 1.82) is 5.26 Å². The van der Waals surface area contributed by atoms with E-state index in [9.17, 15) is 0 Å². The number of likely N-dealkylation sites (N-methyl/N-ethyl adjacent to an activating group) is 1. The van der Waals surface area contributed by atoms with Gasteiger partial charge in [-0.2, -0.15) is 17.9 Å². The van der Waals surface area contributed by atoms with Crippen LogP contribution in [0.15, 0.2) is 4.99 Å². The Kier molecular flexibility index (Phi) is 11.8. The zero-order valence-electron chi connectivity index (χ0n) is 11.1. The van der Waals surface area contributed by atoms with Crippen molar-refractivity contribution in [3.8, 4) is 6.19 Å². The molecule has 0 aliphatic carbocycles. The van der Waals surface area contributed by atoms with Crippen LogP contribution in [0.2, 0.25) is 0 Å². The van der Waals surface area contributed by atoms with Gasteiger partial charge >= 0.3 is 0 Å². The lowest BCUT2D eigenvalue weighted by Crippen LogP contribution is -2.37. The Morgan fingerprint density at radius 1 is 1.44 bits per heavy atom. The molecule has 0 spiro atoms. The molecule has 0 rings (SSSR count). The Bertz CT molecular complexity index is 265. The maximum atomic E-state index is 8.56. The summed E-state index contributed by atoms with van der Waals surface area (Å²) in [5, 5.41) is 14.1. The lowest BCUT2D eigenvalue weighted by molar-refractivity contribution is 0.122. The molecule has 0 aromatic heterocycles. The van der Waals surface area contributed by atoms with Gasteiger partial charge in [-0.05, 0) is 26.3 Å². The van der Waals surface area contributed by atoms with E-state index in [1.807, 2.05) is 20.3 Å². The molecule has 2 N–H and O–H groups in total. The van der Waals surface area contributed by atoms with Crippen LogP contribution in [0.25, 0.3) is 0 Å². The highest BCUT2D eigenvalue weighted by atomic mass is 32.1. The summed E-state index contributed by atoms with van der Waals surface area (Å²) in [6, 6.07) is 0. The van der Waals surface area contributed by atoms with Crippen molar-refractivity contribution in [2.45, 2.75) is 6.42 Å². The van der Waals surface area contributed by atoms with Crippen LogP contribution in [-0.2, 0) is 4.74 Å². The summed E-state index contributed by atoms with van der Waals surface area (Å²) in [5.74, 6) is 1.28. The van der Waals surface area contributed by atoms with E-state index in [2.05, 4.69) is 33.2 Å². The summed E-state index contributed by atoms with van der Waals surface area (Å²) >= 11 is 4.10. The second kappa shape index (κ2) is 12.5. The predicted molar refractivity (Wildman–Crippen MR) is 76.9 cm³/mol. The minimum Gasteiger partial charge on any atom is -0.378 e. The molecule has 7 heteroatoms. The Morgan fingerprint density at radius 2 is 2.22 bits per heavy atom. The molecular weight excluding hydrogens is 250 g/mol. The molecule has 0 aromatic carbocycles. The summed E-state index contributed by atoms with van der Waals surface area (Å²) < 4.78 is 5.42. The SMILES string of the molecule is CN(C)CCOCCNC(=NCCCS)NC#N. The third-order valence-electron chi connectivity index (χ3n) is 1.98. The topological polar surface area (TPSA) is 72.7 Å². The van der Waals surface area contributed by atoms with Gasteiger partial charge in [0.25, 0.3) is 0 Å². The van der Waals surface area contributed by atoms with Crippen LogP contribution in [0.3, 0.4) is 0 Å². The van der Waals surface area contributed by atoms with E-state index in [0.29, 0.717) is 32.3 Å². The number of nitrogens with zero attached hydrogens (tertiary/aromatic N) is 3. The first-order chi connectivity index (χ1) is 8.70. The van der Waals surface area contributed by atoms with E-state index in [4.69, 9.17) is 10.00 Å². The Morgan fingerprint density at radius 3 is 2.83 bits per heavy atom. The molecule has 0 atom stereocenters. The van der Waals surface area contributed by atoms with Gasteiger partial charge in [0.1, 0.15) is 0 Å². The van der Waals surface area contributed by atoms with E-state index in [0.717, 1.165) is 18.7 Å². The van der Waals surface area contributed by atoms with Crippen LogP contribution in [0.4, 0.5) is 0 Å². The van der Waals surface area contributed by atoms with Crippen LogP contribution in [0.5, 0.6) is 0 Å². The minimum absolute atomic E-state index is 0.496. The normalized spacial score (nSPS) is 11.4. The van der Waals surface area contributed by atoms with Gasteiger partial charge in [0.15, 0.2) is 6.19 Å². The van der Waals surface area contributed by atoms with Gasteiger partial charge in [-0.15, -0.1) is 0 Å². The smallest absolute Gasteiger partial charge is 0.204 e. The van der Waals surface area contributed by atoms with Gasteiger partial charge < -0.3 is 15.0 Å². The van der Waals surface area contributed by atoms with Crippen molar-refractivity contribution in [2.75, 3.05) is 52.7 Å². The van der Waals surface area contributed by atoms with E-state index >= 15 is 0 Å². The van der Waals surface area contributed by atoms with Crippen LogP contribution in [-0.4, -0.2) is 63.6 Å². The fourth-order valence-corrected chi connectivity index (χ4v) is 1.19. The number of hydrogen-bond donors (Lipinski definition) is 3. The van der Waals surface area contributed by atoms with Gasteiger partial charge in [-0.25, -0.2) is 0 Å². The molecule has 0 saturated heterocycles. The molecule has 0 saturated carbocycles. The molecule has 0 amide bonds. The largest absolute Gasteiger partial charge is 0.378 e. The quantitative estimate of drug-likeness (QED) is 0.137. The number of ether oxygens (including phenoxy) is 1. The summed E-state index contributed by atoms with van der Waals surface area (Å²) in [6.07, 6.45) is 2.74. The highest BCUT2D eigenvalue weighted by molar-refractivity contribution is 7.80. The lowest BCUT2D eigenvalue weighted by atomic mass is 10.5. The van der Waals surface area contributed by atoms with Crippen molar-refractivity contribution in [3.63, 3.8) is 0 Å². The predicted octanol–water partition coefficient (Wildman–Crippen LogP) is -0.0992. The Hall–Kier alpha value is -0.970. The molecule has 0 aliphatic rings. The fraction of sp³-hybridized carbons (Fsp3) is 0.818. The van der Waals surface area contributed by atoms with Crippen LogP contribution >= 0.6 is 12.6 Å². The first kappa shape index (κ1) is 17.0. The Labute approximate surface area is 115 Å². The first-order valence-corrected chi connectivity index (χ1v) is 6.60. The van der Waals surface area contributed by atoms with Crippen molar-refractivity contribution in [1.82, 2.24) is 15.5 Å². The maximum absolute atomic E-state index is 8.56. The van der Waals surface area contributed by atoms with Gasteiger partial charge in [0.05, 0.1) is 13.2 Å². The van der Waals surface area contributed by atoms with Gasteiger partial charge in [-0.3, -0.25) is 10.3 Å². The number of thiol groups is 1. The maximum Gasteiger partial charge on any atom is 0.204 e. The van der Waals surface area contributed by atoms with E-state index in [1.54, 1.807) is 0 Å². The zero-order valence-corrected chi connectivity index (χ0v) is 12.0. The van der Waals surface area contributed by atoms with Crippen LogP contribution < -0.4 is 10.6 Å². The van der Waals surface area contributed by atoms with Crippen molar-refractivity contribution in [2.24, 2.45) is 4.99 Å². The molecule has 0 heterocycles. The molecule has 6 nitrogen and oxygen atoms in total. The molecule has 0 aliphatic heterocycles. The standard InChI is InChI=1S/C11H23N5OS/c1-16(2)6-8-17-7-5-14-11(15-10-12)13-4-3-9-18/h18H,3-9H2,1-2H3,(H2,13,14,15). The summed E-state index contributed by atoms with van der Waals surface area (Å²) in [5.41, 5.74) is 0. The average Bonchev–Trinajstić information content (AvgIpc) is 2.33. The van der Waals surface area contributed by atoms with E-state index in [1.165, 1.54) is 0 Å². The third kappa shape index (κ3) is 11.5. The van der Waals surface area contributed by atoms with E-state index < -0.39 is 0 Å². The number of hydrogen-bond acceptors (Lipinski definition) is 5. The minimum atomic E-state index is 0.496. The molecule has 104 valence electrons. The van der Waals surface area contributed by atoms with E-state index in [-0.39, 0.29) is 0 Å². The molecular formula is C11H23N5OS. The number of guanidine groups is 1. The summed E-state index contributed by atoms with van der Waals surface area (Å²) in [6.45, 7) is 3.47. The molecule has 18 heavy (non-hydrogen) atoms. The lowest BCUT2D eigenvalue weighted by Gasteiger charge is -2.11. The summed E-state index contributed by atoms with van der Waals surface area (Å²) in [4.78, 5) is 6.27. The van der Waals surface area contributed by atoms with Crippen molar-refractivity contribution in [3.05, 3.63) is 0 Å². The second-order valence-electron chi connectivity index (χ2n) is 3.89. The van der Waals surface area contributed by atoms with Gasteiger partial charge in [0, 0.05) is 19.6 Å². The number of nitrogens with one attached hydrogen (secondary N) is 2. The molecule has 0 unspecified atom stereocenters. The van der Waals surface area contributed by atoms with Crippen LogP contribution in [0, 0.1) is 11.5 Å². The fourth-order valence-electron chi connectivity index (χ4n) is 1.04. The number of nitriles is 1. The number of aliphatic imine (C=N–C) groups is 1. The molecule has 0 bridgehead atoms. The van der Waals surface area contributed by atoms with Crippen molar-refractivity contribution < 1.29 is 4.74 Å². The Balaban J connectivity index is 3.64. The molecule has 0 aromatic rings.